The average Bonchev–Trinajstić information content (AvgIpc) is 2.47. The summed E-state index contributed by atoms with van der Waals surface area (Å²) in [5.41, 5.74) is 8.03. The molecule has 0 amide bonds. The molecule has 3 nitrogen and oxygen atoms in total. The maximum atomic E-state index is 5.87. The summed E-state index contributed by atoms with van der Waals surface area (Å²) in [5, 5.41) is 0. The van der Waals surface area contributed by atoms with Crippen molar-refractivity contribution in [2.24, 2.45) is 5.73 Å². The fourth-order valence-corrected chi connectivity index (χ4v) is 2.27. The molecule has 1 aliphatic heterocycles. The Kier molecular flexibility index (Phi) is 4.30. The smallest absolute Gasteiger partial charge is 0.143 e. The Bertz CT molecular complexity index is 533. The van der Waals surface area contributed by atoms with Crippen LogP contribution in [0.2, 0.25) is 0 Å². The number of anilines is 2. The van der Waals surface area contributed by atoms with Crippen molar-refractivity contribution in [1.82, 2.24) is 0 Å². The lowest BCUT2D eigenvalue weighted by molar-refractivity contribution is 0.206. The monoisotopic (exact) mass is 276 g/mol. The number of benzene rings is 2. The predicted octanol–water partition coefficient (Wildman–Crippen LogP) is 2.97. The first-order valence-corrected chi connectivity index (χ1v) is 6.17. The minimum absolute atomic E-state index is 0. The molecule has 0 bridgehead atoms. The van der Waals surface area contributed by atoms with Crippen LogP contribution in [0.4, 0.5) is 11.4 Å². The lowest BCUT2D eigenvalue weighted by Crippen LogP contribution is -2.41. The van der Waals surface area contributed by atoms with E-state index in [-0.39, 0.29) is 18.5 Å². The predicted molar refractivity (Wildman–Crippen MR) is 80.6 cm³/mol. The van der Waals surface area contributed by atoms with Gasteiger partial charge in [0.2, 0.25) is 0 Å². The Balaban J connectivity index is 0.00000133. The van der Waals surface area contributed by atoms with Crippen molar-refractivity contribution >= 4 is 23.8 Å². The topological polar surface area (TPSA) is 38.5 Å². The van der Waals surface area contributed by atoms with Crippen molar-refractivity contribution in [3.63, 3.8) is 0 Å². The molecule has 0 fully saturated rings. The first kappa shape index (κ1) is 13.7. The lowest BCUT2D eigenvalue weighted by Gasteiger charge is -2.35. The average molecular weight is 277 g/mol. The zero-order chi connectivity index (χ0) is 12.4. The standard InChI is InChI=1S/C15H16N2O.ClH/c16-10-13-11-17(12-6-2-1-3-7-12)14-8-4-5-9-15(14)18-13;/h1-9,13H,10-11,16H2;1H. The van der Waals surface area contributed by atoms with Crippen molar-refractivity contribution in [3.8, 4) is 5.75 Å². The van der Waals surface area contributed by atoms with Gasteiger partial charge in [-0.3, -0.25) is 0 Å². The molecule has 1 heterocycles. The SMILES string of the molecule is Cl.NCC1CN(c2ccccc2)c2ccccc2O1. The van der Waals surface area contributed by atoms with E-state index in [9.17, 15) is 0 Å². The Labute approximate surface area is 119 Å². The van der Waals surface area contributed by atoms with Gasteiger partial charge in [0.1, 0.15) is 11.9 Å². The normalized spacial score (nSPS) is 17.1. The third-order valence-corrected chi connectivity index (χ3v) is 3.17. The molecule has 1 aliphatic rings. The first-order valence-electron chi connectivity index (χ1n) is 6.17. The minimum atomic E-state index is 0. The molecule has 2 aromatic rings. The van der Waals surface area contributed by atoms with Gasteiger partial charge in [-0.05, 0) is 24.3 Å². The highest BCUT2D eigenvalue weighted by Crippen LogP contribution is 2.37. The highest BCUT2D eigenvalue weighted by molar-refractivity contribution is 5.85. The van der Waals surface area contributed by atoms with E-state index >= 15 is 0 Å². The second-order valence-electron chi connectivity index (χ2n) is 4.39. The third kappa shape index (κ3) is 2.67. The summed E-state index contributed by atoms with van der Waals surface area (Å²) in [4.78, 5) is 2.26. The van der Waals surface area contributed by atoms with E-state index < -0.39 is 0 Å². The molecule has 0 saturated heterocycles. The molecule has 19 heavy (non-hydrogen) atoms. The summed E-state index contributed by atoms with van der Waals surface area (Å²) in [6.45, 7) is 1.31. The number of nitrogens with zero attached hydrogens (tertiary/aromatic N) is 1. The van der Waals surface area contributed by atoms with Gasteiger partial charge in [0, 0.05) is 12.2 Å². The van der Waals surface area contributed by atoms with Crippen molar-refractivity contribution in [1.29, 1.82) is 0 Å². The number of nitrogens with two attached hydrogens (primary N) is 1. The van der Waals surface area contributed by atoms with Crippen LogP contribution in [0, 0.1) is 0 Å². The van der Waals surface area contributed by atoms with Crippen LogP contribution >= 0.6 is 12.4 Å². The number of hydrogen-bond donors (Lipinski definition) is 1. The molecule has 0 aliphatic carbocycles. The van der Waals surface area contributed by atoms with Crippen LogP contribution in [0.3, 0.4) is 0 Å². The van der Waals surface area contributed by atoms with Gasteiger partial charge in [-0.25, -0.2) is 0 Å². The summed E-state index contributed by atoms with van der Waals surface area (Å²) < 4.78 is 5.87. The van der Waals surface area contributed by atoms with E-state index in [0.29, 0.717) is 6.54 Å². The van der Waals surface area contributed by atoms with Gasteiger partial charge in [-0.1, -0.05) is 30.3 Å². The Morgan fingerprint density at radius 3 is 2.47 bits per heavy atom. The molecular weight excluding hydrogens is 260 g/mol. The lowest BCUT2D eigenvalue weighted by atomic mass is 10.1. The van der Waals surface area contributed by atoms with E-state index in [4.69, 9.17) is 10.5 Å². The number of ether oxygens (including phenoxy) is 1. The Hall–Kier alpha value is -1.71. The van der Waals surface area contributed by atoms with Crippen LogP contribution in [-0.2, 0) is 0 Å². The Morgan fingerprint density at radius 1 is 1.05 bits per heavy atom. The highest BCUT2D eigenvalue weighted by atomic mass is 35.5. The molecule has 0 radical (unpaired) electrons. The van der Waals surface area contributed by atoms with Gasteiger partial charge < -0.3 is 15.4 Å². The molecule has 2 N–H and O–H groups in total. The molecule has 2 aromatic carbocycles. The molecule has 4 heteroatoms. The quantitative estimate of drug-likeness (QED) is 0.916. The van der Waals surface area contributed by atoms with Crippen molar-refractivity contribution in [2.75, 3.05) is 18.0 Å². The van der Waals surface area contributed by atoms with Gasteiger partial charge in [0.15, 0.2) is 0 Å². The van der Waals surface area contributed by atoms with Crippen LogP contribution < -0.4 is 15.4 Å². The van der Waals surface area contributed by atoms with Gasteiger partial charge in [0.25, 0.3) is 0 Å². The maximum absolute atomic E-state index is 5.87. The van der Waals surface area contributed by atoms with E-state index in [1.807, 2.05) is 36.4 Å². The van der Waals surface area contributed by atoms with Crippen molar-refractivity contribution in [2.45, 2.75) is 6.10 Å². The van der Waals surface area contributed by atoms with E-state index in [1.165, 1.54) is 5.69 Å². The summed E-state index contributed by atoms with van der Waals surface area (Å²) >= 11 is 0. The van der Waals surface area contributed by atoms with Gasteiger partial charge in [-0.2, -0.15) is 0 Å². The summed E-state index contributed by atoms with van der Waals surface area (Å²) in [6.07, 6.45) is 0.0418. The minimum Gasteiger partial charge on any atom is -0.485 e. The molecule has 100 valence electrons. The molecule has 0 aromatic heterocycles. The summed E-state index contributed by atoms with van der Waals surface area (Å²) in [5.74, 6) is 0.906. The number of para-hydroxylation sites is 3. The van der Waals surface area contributed by atoms with Gasteiger partial charge in [-0.15, -0.1) is 12.4 Å². The summed E-state index contributed by atoms with van der Waals surface area (Å²) in [6, 6.07) is 18.4. The second-order valence-corrected chi connectivity index (χ2v) is 4.39. The van der Waals surface area contributed by atoms with E-state index in [0.717, 1.165) is 18.0 Å². The van der Waals surface area contributed by atoms with Crippen molar-refractivity contribution < 1.29 is 4.74 Å². The third-order valence-electron chi connectivity index (χ3n) is 3.17. The molecule has 0 spiro atoms. The van der Waals surface area contributed by atoms with E-state index in [1.54, 1.807) is 0 Å². The number of fused-ring (bicyclic) bond motifs is 1. The zero-order valence-electron chi connectivity index (χ0n) is 10.5. The molecule has 3 rings (SSSR count). The van der Waals surface area contributed by atoms with Crippen LogP contribution in [0.1, 0.15) is 0 Å². The molecule has 0 saturated carbocycles. The van der Waals surface area contributed by atoms with Crippen LogP contribution in [0.25, 0.3) is 0 Å². The zero-order valence-corrected chi connectivity index (χ0v) is 11.3. The maximum Gasteiger partial charge on any atom is 0.143 e. The Morgan fingerprint density at radius 2 is 1.74 bits per heavy atom. The van der Waals surface area contributed by atoms with E-state index in [2.05, 4.69) is 23.1 Å². The largest absolute Gasteiger partial charge is 0.485 e. The molecule has 1 atom stereocenters. The number of hydrogen-bond acceptors (Lipinski definition) is 3. The molecular formula is C15H17ClN2O. The van der Waals surface area contributed by atoms with Crippen molar-refractivity contribution in [3.05, 3.63) is 54.6 Å². The molecule has 1 unspecified atom stereocenters. The summed E-state index contributed by atoms with van der Waals surface area (Å²) in [7, 11) is 0. The number of rotatable bonds is 2. The van der Waals surface area contributed by atoms with Gasteiger partial charge in [0.05, 0.1) is 12.2 Å². The van der Waals surface area contributed by atoms with Crippen LogP contribution in [0.5, 0.6) is 5.75 Å². The fourth-order valence-electron chi connectivity index (χ4n) is 2.27. The van der Waals surface area contributed by atoms with Gasteiger partial charge >= 0.3 is 0 Å². The second kappa shape index (κ2) is 5.95. The number of halogens is 1. The van der Waals surface area contributed by atoms with Crippen LogP contribution in [-0.4, -0.2) is 19.2 Å². The van der Waals surface area contributed by atoms with Crippen LogP contribution in [0.15, 0.2) is 54.6 Å². The fraction of sp³-hybridized carbons (Fsp3) is 0.200. The first-order chi connectivity index (χ1) is 8.88. The highest BCUT2D eigenvalue weighted by Gasteiger charge is 2.25.